The van der Waals surface area contributed by atoms with Crippen molar-refractivity contribution in [2.75, 3.05) is 43.2 Å². The minimum atomic E-state index is 0.530. The zero-order valence-electron chi connectivity index (χ0n) is 11.2. The number of nitrogens with one attached hydrogen (secondary N) is 2. The monoisotopic (exact) mass is 263 g/mol. The van der Waals surface area contributed by atoms with Gasteiger partial charge in [-0.25, -0.2) is 0 Å². The van der Waals surface area contributed by atoms with E-state index < -0.39 is 0 Å². The van der Waals surface area contributed by atoms with Crippen molar-refractivity contribution in [3.8, 4) is 0 Å². The fourth-order valence-electron chi connectivity index (χ4n) is 1.39. The van der Waals surface area contributed by atoms with E-state index >= 15 is 0 Å². The fourth-order valence-corrected chi connectivity index (χ4v) is 1.39. The molecule has 0 unspecified atom stereocenters. The molecular weight excluding hydrogens is 246 g/mol. The van der Waals surface area contributed by atoms with Gasteiger partial charge in [0.1, 0.15) is 0 Å². The molecule has 0 aromatic carbocycles. The van der Waals surface area contributed by atoms with E-state index in [2.05, 4.69) is 35.9 Å². The maximum atomic E-state index is 4.31. The summed E-state index contributed by atoms with van der Waals surface area (Å²) in [7, 11) is 5.54. The quantitative estimate of drug-likeness (QED) is 0.732. The van der Waals surface area contributed by atoms with Crippen molar-refractivity contribution in [1.82, 2.24) is 29.9 Å². The number of nitrogens with zero attached hydrogens (tertiary/aromatic N) is 7. The maximum Gasteiger partial charge on any atom is 0.231 e. The van der Waals surface area contributed by atoms with Crippen molar-refractivity contribution in [3.05, 3.63) is 12.4 Å². The lowest BCUT2D eigenvalue weighted by atomic mass is 10.6. The van der Waals surface area contributed by atoms with E-state index in [1.807, 2.05) is 19.0 Å². The van der Waals surface area contributed by atoms with Gasteiger partial charge >= 0.3 is 0 Å². The average molecular weight is 263 g/mol. The Hall–Kier alpha value is -2.45. The number of hydrogen-bond donors (Lipinski definition) is 2. The maximum absolute atomic E-state index is 4.31. The molecule has 0 fully saturated rings. The first kappa shape index (κ1) is 13.0. The fraction of sp³-hybridized carbons (Fsp3) is 0.500. The Morgan fingerprint density at radius 3 is 2.63 bits per heavy atom. The summed E-state index contributed by atoms with van der Waals surface area (Å²) in [5, 5.41) is 13.7. The van der Waals surface area contributed by atoms with Crippen LogP contribution in [0.15, 0.2) is 12.4 Å². The van der Waals surface area contributed by atoms with E-state index in [-0.39, 0.29) is 0 Å². The summed E-state index contributed by atoms with van der Waals surface area (Å²) in [6.07, 6.45) is 3.45. The normalized spacial score (nSPS) is 10.3. The molecule has 9 nitrogen and oxygen atoms in total. The van der Waals surface area contributed by atoms with Crippen LogP contribution >= 0.6 is 0 Å². The molecule has 2 aromatic heterocycles. The van der Waals surface area contributed by atoms with Crippen molar-refractivity contribution < 1.29 is 0 Å². The van der Waals surface area contributed by atoms with Crippen LogP contribution < -0.4 is 15.5 Å². The first-order valence-electron chi connectivity index (χ1n) is 5.88. The minimum Gasteiger partial charge on any atom is -0.357 e. The largest absolute Gasteiger partial charge is 0.357 e. The Labute approximate surface area is 111 Å². The molecule has 0 saturated heterocycles. The molecule has 2 N–H and O–H groups in total. The molecule has 0 aliphatic heterocycles. The third-order valence-corrected chi connectivity index (χ3v) is 2.34. The molecule has 2 aromatic rings. The summed E-state index contributed by atoms with van der Waals surface area (Å²) in [5.41, 5.74) is 0. The van der Waals surface area contributed by atoms with E-state index in [1.165, 1.54) is 0 Å². The molecular formula is C10H17N9. The summed E-state index contributed by atoms with van der Waals surface area (Å²) in [4.78, 5) is 14.6. The van der Waals surface area contributed by atoms with Crippen molar-refractivity contribution >= 4 is 17.8 Å². The predicted octanol–water partition coefficient (Wildman–Crippen LogP) is -0.317. The highest BCUT2D eigenvalue weighted by Crippen LogP contribution is 2.10. The number of hydrogen-bond acceptors (Lipinski definition) is 8. The highest BCUT2D eigenvalue weighted by atomic mass is 15.4. The number of aromatic nitrogens is 6. The first-order valence-corrected chi connectivity index (χ1v) is 5.88. The average Bonchev–Trinajstić information content (AvgIpc) is 2.91. The summed E-state index contributed by atoms with van der Waals surface area (Å²) in [6, 6.07) is 0. The molecule has 0 radical (unpaired) electrons. The molecule has 19 heavy (non-hydrogen) atoms. The van der Waals surface area contributed by atoms with Gasteiger partial charge in [-0.2, -0.15) is 15.0 Å². The van der Waals surface area contributed by atoms with Gasteiger partial charge in [0.2, 0.25) is 17.8 Å². The van der Waals surface area contributed by atoms with Gasteiger partial charge in [-0.15, -0.1) is 5.10 Å². The molecule has 102 valence electrons. The molecule has 0 saturated carbocycles. The number of anilines is 3. The van der Waals surface area contributed by atoms with Crippen LogP contribution in [0.25, 0.3) is 0 Å². The lowest BCUT2D eigenvalue weighted by Gasteiger charge is -2.13. The van der Waals surface area contributed by atoms with E-state index in [0.29, 0.717) is 30.9 Å². The van der Waals surface area contributed by atoms with Crippen LogP contribution in [0, 0.1) is 0 Å². The van der Waals surface area contributed by atoms with Crippen LogP contribution in [0.5, 0.6) is 0 Å². The summed E-state index contributed by atoms with van der Waals surface area (Å²) < 4.78 is 1.74. The Morgan fingerprint density at radius 2 is 2.00 bits per heavy atom. The molecule has 0 spiro atoms. The zero-order chi connectivity index (χ0) is 13.7. The highest BCUT2D eigenvalue weighted by Gasteiger charge is 2.06. The summed E-state index contributed by atoms with van der Waals surface area (Å²) >= 11 is 0. The van der Waals surface area contributed by atoms with Crippen LogP contribution in [0.4, 0.5) is 17.8 Å². The van der Waals surface area contributed by atoms with Gasteiger partial charge in [-0.1, -0.05) is 5.21 Å². The smallest absolute Gasteiger partial charge is 0.231 e. The summed E-state index contributed by atoms with van der Waals surface area (Å²) in [5.74, 6) is 1.66. The zero-order valence-corrected chi connectivity index (χ0v) is 11.2. The van der Waals surface area contributed by atoms with E-state index in [0.717, 1.165) is 0 Å². The second kappa shape index (κ2) is 5.94. The SMILES string of the molecule is CNc1nc(NCCn2ccnn2)nc(N(C)C)n1. The van der Waals surface area contributed by atoms with Crippen LogP contribution in [-0.4, -0.2) is 57.6 Å². The van der Waals surface area contributed by atoms with Crippen LogP contribution in [-0.2, 0) is 6.54 Å². The molecule has 0 aliphatic carbocycles. The van der Waals surface area contributed by atoms with Gasteiger partial charge in [0.25, 0.3) is 0 Å². The van der Waals surface area contributed by atoms with Crippen LogP contribution in [0.1, 0.15) is 0 Å². The molecule has 0 atom stereocenters. The predicted molar refractivity (Wildman–Crippen MR) is 72.2 cm³/mol. The second-order valence-electron chi connectivity index (χ2n) is 4.02. The Bertz CT molecular complexity index is 508. The van der Waals surface area contributed by atoms with Crippen molar-refractivity contribution in [2.45, 2.75) is 6.54 Å². The van der Waals surface area contributed by atoms with E-state index in [9.17, 15) is 0 Å². The standard InChI is InChI=1S/C10H17N9/c1-11-8-14-9(16-10(15-8)18(2)3)12-4-6-19-7-5-13-17-19/h5,7H,4,6H2,1-3H3,(H2,11,12,14,15,16). The Balaban J connectivity index is 2.00. The second-order valence-corrected chi connectivity index (χ2v) is 4.02. The minimum absolute atomic E-state index is 0.530. The van der Waals surface area contributed by atoms with Gasteiger partial charge in [-0.3, -0.25) is 4.68 Å². The third-order valence-electron chi connectivity index (χ3n) is 2.34. The molecule has 2 rings (SSSR count). The lowest BCUT2D eigenvalue weighted by Crippen LogP contribution is -2.18. The molecule has 0 aliphatic rings. The van der Waals surface area contributed by atoms with Gasteiger partial charge in [0.15, 0.2) is 0 Å². The van der Waals surface area contributed by atoms with Gasteiger partial charge in [0, 0.05) is 33.9 Å². The highest BCUT2D eigenvalue weighted by molar-refractivity contribution is 5.42. The topological polar surface area (TPSA) is 96.7 Å². The van der Waals surface area contributed by atoms with Crippen molar-refractivity contribution in [1.29, 1.82) is 0 Å². The molecule has 2 heterocycles. The molecule has 0 bridgehead atoms. The van der Waals surface area contributed by atoms with Gasteiger partial charge in [-0.05, 0) is 0 Å². The Morgan fingerprint density at radius 1 is 1.21 bits per heavy atom. The van der Waals surface area contributed by atoms with Crippen LogP contribution in [0.2, 0.25) is 0 Å². The van der Waals surface area contributed by atoms with Gasteiger partial charge < -0.3 is 15.5 Å². The lowest BCUT2D eigenvalue weighted by molar-refractivity contribution is 0.607. The van der Waals surface area contributed by atoms with Crippen LogP contribution in [0.3, 0.4) is 0 Å². The van der Waals surface area contributed by atoms with Crippen molar-refractivity contribution in [2.24, 2.45) is 0 Å². The number of rotatable bonds is 6. The Kier molecular flexibility index (Phi) is 4.06. The molecule has 9 heteroatoms. The first-order chi connectivity index (χ1) is 9.19. The van der Waals surface area contributed by atoms with Gasteiger partial charge in [0.05, 0.1) is 12.7 Å². The molecule has 0 amide bonds. The van der Waals surface area contributed by atoms with E-state index in [4.69, 9.17) is 0 Å². The summed E-state index contributed by atoms with van der Waals surface area (Å²) in [6.45, 7) is 1.35. The third kappa shape index (κ3) is 3.50. The van der Waals surface area contributed by atoms with E-state index in [1.54, 1.807) is 24.1 Å². The van der Waals surface area contributed by atoms with Crippen molar-refractivity contribution in [3.63, 3.8) is 0 Å².